The Bertz CT molecular complexity index is 1310. The molecule has 0 fully saturated rings. The van der Waals surface area contributed by atoms with Gasteiger partial charge in [-0.3, -0.25) is 4.79 Å². The lowest BCUT2D eigenvalue weighted by molar-refractivity contribution is 0.103. The highest BCUT2D eigenvalue weighted by atomic mass is 35.5. The highest BCUT2D eigenvalue weighted by Gasteiger charge is 2.23. The predicted molar refractivity (Wildman–Crippen MR) is 114 cm³/mol. The van der Waals surface area contributed by atoms with Crippen LogP contribution in [0.15, 0.2) is 52.4 Å². The highest BCUT2D eigenvalue weighted by Crippen LogP contribution is 2.34. The molecule has 2 aromatic heterocycles. The first-order valence-electron chi connectivity index (χ1n) is 8.21. The number of aromatic nitrogens is 5. The third-order valence-corrected chi connectivity index (χ3v) is 6.06. The van der Waals surface area contributed by atoms with Crippen LogP contribution < -0.4 is 0 Å². The van der Waals surface area contributed by atoms with E-state index in [0.717, 1.165) is 6.08 Å². The molecule has 12 heteroatoms. The number of hydrogen-bond donors (Lipinski definition) is 3. The maximum absolute atomic E-state index is 13.3. The smallest absolute Gasteiger partial charge is 0.244 e. The van der Waals surface area contributed by atoms with Crippen molar-refractivity contribution in [3.8, 4) is 0 Å². The van der Waals surface area contributed by atoms with Crippen LogP contribution in [0, 0.1) is 0 Å². The van der Waals surface area contributed by atoms with Crippen molar-refractivity contribution in [2.45, 2.75) is 9.92 Å². The minimum atomic E-state index is -1.82. The number of fused-ring (bicyclic) bond motifs is 1. The Labute approximate surface area is 186 Å². The number of nitrogens with zero attached hydrogens (tertiary/aromatic N) is 3. The summed E-state index contributed by atoms with van der Waals surface area (Å²) in [5.41, 5.74) is 0.691. The number of benzene rings is 2. The van der Waals surface area contributed by atoms with Gasteiger partial charge in [-0.2, -0.15) is 5.21 Å². The molecule has 0 saturated heterocycles. The van der Waals surface area contributed by atoms with Gasteiger partial charge in [0.25, 0.3) is 0 Å². The molecule has 0 saturated carbocycles. The van der Waals surface area contributed by atoms with Crippen molar-refractivity contribution in [3.05, 3.63) is 68.9 Å². The van der Waals surface area contributed by atoms with E-state index in [1.165, 1.54) is 18.2 Å². The molecule has 1 unspecified atom stereocenters. The lowest BCUT2D eigenvalue weighted by Gasteiger charge is -2.06. The zero-order valence-corrected chi connectivity index (χ0v) is 17.8. The molecule has 30 heavy (non-hydrogen) atoms. The molecule has 0 aliphatic carbocycles. The molecular weight excluding hydrogens is 473 g/mol. The first kappa shape index (κ1) is 20.5. The Morgan fingerprint density at radius 1 is 1.07 bits per heavy atom. The maximum atomic E-state index is 13.3. The van der Waals surface area contributed by atoms with Gasteiger partial charge in [0.05, 0.1) is 5.56 Å². The molecule has 8 nitrogen and oxygen atoms in total. The summed E-state index contributed by atoms with van der Waals surface area (Å²) in [7, 11) is -1.82. The number of aliphatic hydroxyl groups excluding tert-OH is 1. The molecule has 0 radical (unpaired) electrons. The number of rotatable bonds is 5. The average Bonchev–Trinajstić information content (AvgIpc) is 3.34. The summed E-state index contributed by atoms with van der Waals surface area (Å²) in [4.78, 5) is 15.6. The Morgan fingerprint density at radius 2 is 1.80 bits per heavy atom. The van der Waals surface area contributed by atoms with E-state index in [2.05, 4.69) is 25.6 Å². The van der Waals surface area contributed by atoms with Crippen LogP contribution in [0.4, 0.5) is 0 Å². The van der Waals surface area contributed by atoms with Gasteiger partial charge < -0.3 is 10.1 Å². The van der Waals surface area contributed by atoms with Gasteiger partial charge in [0.1, 0.15) is 21.6 Å². The van der Waals surface area contributed by atoms with E-state index < -0.39 is 22.3 Å². The molecule has 0 bridgehead atoms. The number of tetrazole rings is 1. The number of carbonyl (C=O) groups excluding carboxylic acids is 1. The van der Waals surface area contributed by atoms with Gasteiger partial charge in [0, 0.05) is 36.9 Å². The van der Waals surface area contributed by atoms with E-state index in [4.69, 9.17) is 34.8 Å². The van der Waals surface area contributed by atoms with Crippen molar-refractivity contribution in [2.24, 2.45) is 0 Å². The van der Waals surface area contributed by atoms with Crippen LogP contribution >= 0.6 is 34.8 Å². The van der Waals surface area contributed by atoms with Gasteiger partial charge in [-0.25, -0.2) is 4.21 Å². The topological polar surface area (TPSA) is 125 Å². The number of allylic oxidation sites excluding steroid dienone is 1. The second-order valence-corrected chi connectivity index (χ2v) is 8.75. The molecular formula is C18H10Cl3N5O3S. The SMILES string of the molecule is O=C(/C=C(/O)c1c(S(=O)c2cc(Cl)cc(Cl)c2)[nH]c2ccc(Cl)cc12)c1nn[nH]n1. The Hall–Kier alpha value is -2.72. The summed E-state index contributed by atoms with van der Waals surface area (Å²) in [6, 6.07) is 9.39. The van der Waals surface area contributed by atoms with Crippen LogP contribution in [0.5, 0.6) is 0 Å². The van der Waals surface area contributed by atoms with Crippen LogP contribution in [-0.4, -0.2) is 40.7 Å². The zero-order chi connectivity index (χ0) is 21.4. The molecule has 1 atom stereocenters. The van der Waals surface area contributed by atoms with Crippen LogP contribution in [0.25, 0.3) is 16.7 Å². The summed E-state index contributed by atoms with van der Waals surface area (Å²) in [5.74, 6) is -1.38. The predicted octanol–water partition coefficient (Wildman–Crippen LogP) is 4.59. The van der Waals surface area contributed by atoms with E-state index in [1.807, 2.05) is 0 Å². The van der Waals surface area contributed by atoms with Crippen molar-refractivity contribution >= 4 is 68.0 Å². The van der Waals surface area contributed by atoms with Gasteiger partial charge in [0.15, 0.2) is 0 Å². The lowest BCUT2D eigenvalue weighted by atomic mass is 10.1. The fourth-order valence-electron chi connectivity index (χ4n) is 2.81. The van der Waals surface area contributed by atoms with Crippen molar-refractivity contribution in [3.63, 3.8) is 0 Å². The van der Waals surface area contributed by atoms with Gasteiger partial charge in [0.2, 0.25) is 11.6 Å². The third-order valence-electron chi connectivity index (χ3n) is 4.05. The summed E-state index contributed by atoms with van der Waals surface area (Å²) in [6.45, 7) is 0. The van der Waals surface area contributed by atoms with Gasteiger partial charge in [-0.1, -0.05) is 34.8 Å². The van der Waals surface area contributed by atoms with Gasteiger partial charge in [-0.15, -0.1) is 10.2 Å². The molecule has 2 aromatic carbocycles. The van der Waals surface area contributed by atoms with Crippen molar-refractivity contribution in [1.29, 1.82) is 0 Å². The first-order valence-corrected chi connectivity index (χ1v) is 10.5. The number of hydrogen-bond acceptors (Lipinski definition) is 6. The second-order valence-electron chi connectivity index (χ2n) is 6.02. The number of halogens is 3. The number of ketones is 1. The monoisotopic (exact) mass is 481 g/mol. The van der Waals surface area contributed by atoms with E-state index in [0.29, 0.717) is 30.9 Å². The van der Waals surface area contributed by atoms with Gasteiger partial charge >= 0.3 is 0 Å². The molecule has 0 aliphatic heterocycles. The summed E-state index contributed by atoms with van der Waals surface area (Å²) in [5, 5.41) is 25.0. The molecule has 4 rings (SSSR count). The normalized spacial score (nSPS) is 13.0. The molecule has 0 amide bonds. The fraction of sp³-hybridized carbons (Fsp3) is 0. The first-order chi connectivity index (χ1) is 14.3. The van der Waals surface area contributed by atoms with E-state index in [1.54, 1.807) is 18.2 Å². The third kappa shape index (κ3) is 3.97. The highest BCUT2D eigenvalue weighted by molar-refractivity contribution is 7.85. The Balaban J connectivity index is 1.90. The molecule has 3 N–H and O–H groups in total. The summed E-state index contributed by atoms with van der Waals surface area (Å²) < 4.78 is 13.3. The molecule has 0 aliphatic rings. The van der Waals surface area contributed by atoms with Crippen molar-refractivity contribution < 1.29 is 14.1 Å². The standard InChI is InChI=1S/C18H10Cl3N5O3S/c19-8-1-2-13-12(6-8)16(14(27)7-15(28)17-23-25-26-24-17)18(22-13)30(29)11-4-9(20)3-10(21)5-11/h1-7,22,27H,(H,23,24,25,26)/b14-7+. The number of nitrogens with one attached hydrogen (secondary N) is 2. The van der Waals surface area contributed by atoms with E-state index in [9.17, 15) is 14.1 Å². The number of carbonyl (C=O) groups is 1. The fourth-order valence-corrected chi connectivity index (χ4v) is 4.95. The Morgan fingerprint density at radius 3 is 2.47 bits per heavy atom. The van der Waals surface area contributed by atoms with Gasteiger partial charge in [-0.05, 0) is 41.6 Å². The molecule has 2 heterocycles. The maximum Gasteiger partial charge on any atom is 0.244 e. The van der Waals surface area contributed by atoms with E-state index in [-0.39, 0.29) is 16.4 Å². The average molecular weight is 483 g/mol. The lowest BCUT2D eigenvalue weighted by Crippen LogP contribution is -2.02. The zero-order valence-electron chi connectivity index (χ0n) is 14.7. The van der Waals surface area contributed by atoms with E-state index >= 15 is 0 Å². The van der Waals surface area contributed by atoms with Crippen molar-refractivity contribution in [1.82, 2.24) is 25.6 Å². The number of aliphatic hydroxyl groups is 1. The van der Waals surface area contributed by atoms with Crippen LogP contribution in [-0.2, 0) is 10.8 Å². The summed E-state index contributed by atoms with van der Waals surface area (Å²) in [6.07, 6.45) is 0.917. The van der Waals surface area contributed by atoms with Crippen LogP contribution in [0.2, 0.25) is 15.1 Å². The Kier molecular flexibility index (Phi) is 5.61. The number of H-pyrrole nitrogens is 2. The molecule has 4 aromatic rings. The van der Waals surface area contributed by atoms with Crippen molar-refractivity contribution in [2.75, 3.05) is 0 Å². The minimum absolute atomic E-state index is 0.138. The summed E-state index contributed by atoms with van der Waals surface area (Å²) >= 11 is 18.2. The quantitative estimate of drug-likeness (QED) is 0.217. The van der Waals surface area contributed by atoms with Crippen LogP contribution in [0.1, 0.15) is 16.2 Å². The molecule has 152 valence electrons. The molecule has 0 spiro atoms. The number of aromatic amines is 2. The second kappa shape index (κ2) is 8.19. The minimum Gasteiger partial charge on any atom is -0.507 e. The van der Waals surface area contributed by atoms with Crippen LogP contribution in [0.3, 0.4) is 0 Å². The largest absolute Gasteiger partial charge is 0.507 e.